The molecule has 0 saturated heterocycles. The normalized spacial score (nSPS) is 15.1. The van der Waals surface area contributed by atoms with Gasteiger partial charge in [0, 0.05) is 55.4 Å². The number of nitrogens with one attached hydrogen (secondary N) is 3. The Hall–Kier alpha value is -3.80. The number of likely N-dealkylation sites (N-methyl/N-ethyl adjacent to an activating group) is 1. The van der Waals surface area contributed by atoms with Gasteiger partial charge >= 0.3 is 0 Å². The van der Waals surface area contributed by atoms with Crippen LogP contribution in [-0.4, -0.2) is 68.0 Å². The van der Waals surface area contributed by atoms with Crippen molar-refractivity contribution in [3.8, 4) is 0 Å². The van der Waals surface area contributed by atoms with Gasteiger partial charge in [-0.25, -0.2) is 18.6 Å². The molecule has 1 atom stereocenters. The number of carbonyl (C=O) groups excluding carboxylic acids is 1. The van der Waals surface area contributed by atoms with Crippen molar-refractivity contribution in [2.45, 2.75) is 36.7 Å². The van der Waals surface area contributed by atoms with Gasteiger partial charge in [0.05, 0.1) is 4.90 Å². The van der Waals surface area contributed by atoms with Crippen LogP contribution in [-0.2, 0) is 34.2 Å². The van der Waals surface area contributed by atoms with Crippen molar-refractivity contribution in [3.63, 3.8) is 0 Å². The molecule has 9 nitrogen and oxygen atoms in total. The zero-order valence-corrected chi connectivity index (χ0v) is 25.4. The summed E-state index contributed by atoms with van der Waals surface area (Å²) in [5, 5.41) is 10.0. The predicted octanol–water partition coefficient (Wildman–Crippen LogP) is 4.26. The summed E-state index contributed by atoms with van der Waals surface area (Å²) < 4.78 is 28.8. The lowest BCUT2D eigenvalue weighted by molar-refractivity contribution is -0.124. The van der Waals surface area contributed by atoms with Gasteiger partial charge in [0.2, 0.25) is 10.0 Å². The Morgan fingerprint density at radius 2 is 1.91 bits per heavy atom. The van der Waals surface area contributed by atoms with Crippen LogP contribution in [0.25, 0.3) is 17.0 Å². The highest BCUT2D eigenvalue weighted by Crippen LogP contribution is 2.37. The Kier molecular flexibility index (Phi) is 9.74. The number of amides is 1. The minimum absolute atomic E-state index is 0.164. The fourth-order valence-corrected chi connectivity index (χ4v) is 6.88. The first-order valence-corrected chi connectivity index (χ1v) is 16.0. The number of benzene rings is 3. The summed E-state index contributed by atoms with van der Waals surface area (Å²) in [4.78, 5) is 19.5. The van der Waals surface area contributed by atoms with Crippen LogP contribution in [0.1, 0.15) is 40.3 Å². The standard InChI is InChI=1S/C33H39N5O4S/c1-37(2)19-17-35-43(41,42)28-7-5-6-25(21-28)23-38(18-16-27-22-34-31-9-4-3-8-29(27)31)32-14-12-26-20-24(10-13-30(26)32)11-15-33(39)36-40/h3-11,13,15,20-22,32,34-35,40H,12,14,16-19,23H2,1-2H3,(H,36,39)/b15-11+. The summed E-state index contributed by atoms with van der Waals surface area (Å²) in [5.41, 5.74) is 8.30. The third kappa shape index (κ3) is 7.59. The van der Waals surface area contributed by atoms with Gasteiger partial charge in [0.1, 0.15) is 0 Å². The lowest BCUT2D eigenvalue weighted by atomic mass is 10.0. The van der Waals surface area contributed by atoms with E-state index >= 15 is 0 Å². The van der Waals surface area contributed by atoms with Gasteiger partial charge < -0.3 is 9.88 Å². The molecule has 10 heteroatoms. The van der Waals surface area contributed by atoms with Gasteiger partial charge in [0.15, 0.2) is 0 Å². The van der Waals surface area contributed by atoms with E-state index in [9.17, 15) is 13.2 Å². The monoisotopic (exact) mass is 601 g/mol. The molecule has 43 heavy (non-hydrogen) atoms. The molecule has 1 amide bonds. The number of hydrogen-bond donors (Lipinski definition) is 4. The number of rotatable bonds is 13. The number of H-pyrrole nitrogens is 1. The number of aromatic nitrogens is 1. The number of aryl methyl sites for hydroxylation is 1. The molecule has 1 aliphatic carbocycles. The average Bonchev–Trinajstić information content (AvgIpc) is 3.62. The fourth-order valence-electron chi connectivity index (χ4n) is 5.79. The van der Waals surface area contributed by atoms with E-state index in [2.05, 4.69) is 51.1 Å². The van der Waals surface area contributed by atoms with E-state index < -0.39 is 15.9 Å². The van der Waals surface area contributed by atoms with Gasteiger partial charge in [-0.05, 0) is 85.5 Å². The van der Waals surface area contributed by atoms with Crippen LogP contribution in [0.15, 0.2) is 83.9 Å². The highest BCUT2D eigenvalue weighted by atomic mass is 32.2. The first-order valence-electron chi connectivity index (χ1n) is 14.5. The van der Waals surface area contributed by atoms with Crippen LogP contribution in [0, 0.1) is 0 Å². The van der Waals surface area contributed by atoms with E-state index in [4.69, 9.17) is 5.21 Å². The first kappa shape index (κ1) is 30.7. The van der Waals surface area contributed by atoms with Crippen molar-refractivity contribution in [3.05, 3.63) is 107 Å². The summed E-state index contributed by atoms with van der Waals surface area (Å²) >= 11 is 0. The van der Waals surface area contributed by atoms with E-state index in [-0.39, 0.29) is 10.9 Å². The number of sulfonamides is 1. The highest BCUT2D eigenvalue weighted by Gasteiger charge is 2.28. The molecular weight excluding hydrogens is 562 g/mol. The molecule has 5 rings (SSSR count). The number of hydrogen-bond acceptors (Lipinski definition) is 6. The zero-order chi connectivity index (χ0) is 30.4. The summed E-state index contributed by atoms with van der Waals surface area (Å²) in [5.74, 6) is -0.570. The molecule has 1 aromatic heterocycles. The molecule has 4 N–H and O–H groups in total. The Morgan fingerprint density at radius 1 is 1.07 bits per heavy atom. The van der Waals surface area contributed by atoms with Crippen LogP contribution in [0.5, 0.6) is 0 Å². The maximum atomic E-state index is 13.0. The largest absolute Gasteiger partial charge is 0.361 e. The molecule has 1 unspecified atom stereocenters. The van der Waals surface area contributed by atoms with Crippen molar-refractivity contribution < 1.29 is 18.4 Å². The number of aromatic amines is 1. The molecule has 4 aromatic rings. The summed E-state index contributed by atoms with van der Waals surface area (Å²) in [7, 11) is 0.200. The zero-order valence-electron chi connectivity index (χ0n) is 24.6. The SMILES string of the molecule is CN(C)CCNS(=O)(=O)c1cccc(CN(CCc2c[nH]c3ccccc23)C2CCc3cc(/C=C/C(=O)NO)ccc32)c1. The molecule has 0 aliphatic heterocycles. The molecule has 3 aromatic carbocycles. The lowest BCUT2D eigenvalue weighted by Crippen LogP contribution is -2.32. The van der Waals surface area contributed by atoms with Gasteiger partial charge in [-0.15, -0.1) is 0 Å². The minimum atomic E-state index is -3.62. The number of hydroxylamine groups is 1. The molecule has 1 heterocycles. The Balaban J connectivity index is 1.40. The second-order valence-corrected chi connectivity index (χ2v) is 13.0. The first-order chi connectivity index (χ1) is 20.7. The average molecular weight is 602 g/mol. The Labute approximate surface area is 253 Å². The van der Waals surface area contributed by atoms with Crippen LogP contribution >= 0.6 is 0 Å². The van der Waals surface area contributed by atoms with E-state index in [1.807, 2.05) is 43.3 Å². The summed E-state index contributed by atoms with van der Waals surface area (Å²) in [6.07, 6.45) is 7.76. The van der Waals surface area contributed by atoms with Crippen molar-refractivity contribution in [2.24, 2.45) is 0 Å². The molecule has 0 saturated carbocycles. The number of para-hydroxylation sites is 1. The third-order valence-electron chi connectivity index (χ3n) is 7.98. The lowest BCUT2D eigenvalue weighted by Gasteiger charge is -2.30. The topological polar surface area (TPSA) is 118 Å². The fraction of sp³-hybridized carbons (Fsp3) is 0.303. The molecule has 0 spiro atoms. The molecule has 0 bridgehead atoms. The van der Waals surface area contributed by atoms with Crippen LogP contribution in [0.4, 0.5) is 0 Å². The van der Waals surface area contributed by atoms with Gasteiger partial charge in [-0.2, -0.15) is 0 Å². The van der Waals surface area contributed by atoms with Gasteiger partial charge in [-0.3, -0.25) is 14.9 Å². The molecular formula is C33H39N5O4S. The van der Waals surface area contributed by atoms with E-state index in [0.29, 0.717) is 19.6 Å². The van der Waals surface area contributed by atoms with E-state index in [1.54, 1.807) is 23.7 Å². The Bertz CT molecular complexity index is 1710. The number of nitrogens with zero attached hydrogens (tertiary/aromatic N) is 2. The second-order valence-electron chi connectivity index (χ2n) is 11.3. The van der Waals surface area contributed by atoms with Gasteiger partial charge in [-0.1, -0.05) is 48.5 Å². The Morgan fingerprint density at radius 3 is 2.72 bits per heavy atom. The van der Waals surface area contributed by atoms with Crippen LogP contribution in [0.2, 0.25) is 0 Å². The molecule has 0 radical (unpaired) electrons. The van der Waals surface area contributed by atoms with Crippen LogP contribution in [0.3, 0.4) is 0 Å². The summed E-state index contributed by atoms with van der Waals surface area (Å²) in [6.45, 7) is 2.36. The van der Waals surface area contributed by atoms with Gasteiger partial charge in [0.25, 0.3) is 5.91 Å². The molecule has 226 valence electrons. The van der Waals surface area contributed by atoms with Crippen molar-refractivity contribution >= 4 is 32.9 Å². The highest BCUT2D eigenvalue weighted by molar-refractivity contribution is 7.89. The van der Waals surface area contributed by atoms with Crippen molar-refractivity contribution in [2.75, 3.05) is 33.7 Å². The quantitative estimate of drug-likeness (QED) is 0.103. The molecule has 0 fully saturated rings. The van der Waals surface area contributed by atoms with Crippen molar-refractivity contribution in [1.29, 1.82) is 0 Å². The molecule has 1 aliphatic rings. The van der Waals surface area contributed by atoms with E-state index in [0.717, 1.165) is 42.5 Å². The maximum Gasteiger partial charge on any atom is 0.267 e. The third-order valence-corrected chi connectivity index (χ3v) is 9.44. The minimum Gasteiger partial charge on any atom is -0.361 e. The predicted molar refractivity (Wildman–Crippen MR) is 169 cm³/mol. The van der Waals surface area contributed by atoms with Crippen molar-refractivity contribution in [1.82, 2.24) is 25.0 Å². The van der Waals surface area contributed by atoms with E-state index in [1.165, 1.54) is 28.2 Å². The maximum absolute atomic E-state index is 13.0. The second kappa shape index (κ2) is 13.7. The summed E-state index contributed by atoms with van der Waals surface area (Å²) in [6, 6.07) is 21.9. The number of fused-ring (bicyclic) bond motifs is 2. The van der Waals surface area contributed by atoms with Crippen LogP contribution < -0.4 is 10.2 Å². The number of carbonyl (C=O) groups is 1. The smallest absolute Gasteiger partial charge is 0.267 e.